The normalized spacial score (nSPS) is 19.6. The molecule has 32 heavy (non-hydrogen) atoms. The van der Waals surface area contributed by atoms with Gasteiger partial charge in [0.15, 0.2) is 0 Å². The van der Waals surface area contributed by atoms with Gasteiger partial charge in [0.1, 0.15) is 22.7 Å². The van der Waals surface area contributed by atoms with Gasteiger partial charge in [0.2, 0.25) is 5.91 Å². The minimum atomic E-state index is -0.367. The maximum atomic E-state index is 12.8. The predicted molar refractivity (Wildman–Crippen MR) is 123 cm³/mol. The van der Waals surface area contributed by atoms with E-state index in [-0.39, 0.29) is 17.9 Å². The van der Waals surface area contributed by atoms with Gasteiger partial charge in [-0.05, 0) is 48.1 Å². The average Bonchev–Trinajstić information content (AvgIpc) is 3.39. The first-order valence-electron chi connectivity index (χ1n) is 10.8. The highest BCUT2D eigenvalue weighted by Crippen LogP contribution is 2.42. The molecule has 2 aliphatic heterocycles. The smallest absolute Gasteiger partial charge is 0.226 e. The van der Waals surface area contributed by atoms with Crippen LogP contribution in [0.5, 0.6) is 5.75 Å². The molecule has 0 spiro atoms. The number of aryl methyl sites for hydroxylation is 1. The fourth-order valence-corrected chi connectivity index (χ4v) is 6.11. The minimum absolute atomic E-state index is 0.0245. The maximum Gasteiger partial charge on any atom is 0.226 e. The third kappa shape index (κ3) is 3.15. The second kappa shape index (κ2) is 7.53. The molecular weight excluding hydrogens is 426 g/mol. The number of methoxy groups -OCH3 is 1. The largest absolute Gasteiger partial charge is 0.495 e. The highest BCUT2D eigenvalue weighted by atomic mass is 32.1. The predicted octanol–water partition coefficient (Wildman–Crippen LogP) is 2.68. The number of nitrogens with one attached hydrogen (secondary N) is 1. The summed E-state index contributed by atoms with van der Waals surface area (Å²) < 4.78 is 5.62. The van der Waals surface area contributed by atoms with Crippen LogP contribution in [0.1, 0.15) is 28.0 Å². The fraction of sp³-hybridized carbons (Fsp3) is 0.391. The van der Waals surface area contributed by atoms with E-state index < -0.39 is 0 Å². The average molecular weight is 450 g/mol. The molecule has 164 valence electrons. The number of carbonyl (C=O) groups is 1. The third-order valence-electron chi connectivity index (χ3n) is 6.57. The summed E-state index contributed by atoms with van der Waals surface area (Å²) in [5, 5.41) is 14.0. The Hall–Kier alpha value is -3.04. The van der Waals surface area contributed by atoms with Gasteiger partial charge in [-0.2, -0.15) is 0 Å². The number of fused-ring (bicyclic) bond motifs is 4. The summed E-state index contributed by atoms with van der Waals surface area (Å²) in [6, 6.07) is 4.07. The van der Waals surface area contributed by atoms with Crippen LogP contribution >= 0.6 is 11.3 Å². The number of rotatable bonds is 4. The number of β-amino-alcohol motifs (C(OH)–C–C–N with tert-alkyl or cyclic N) is 1. The Balaban J connectivity index is 1.32. The van der Waals surface area contributed by atoms with E-state index in [1.165, 1.54) is 10.4 Å². The number of hydrogen-bond acceptors (Lipinski definition) is 8. The highest BCUT2D eigenvalue weighted by Gasteiger charge is 2.36. The van der Waals surface area contributed by atoms with Gasteiger partial charge in [-0.1, -0.05) is 0 Å². The zero-order chi connectivity index (χ0) is 21.8. The second-order valence-corrected chi connectivity index (χ2v) is 9.67. The number of thiophene rings is 1. The summed E-state index contributed by atoms with van der Waals surface area (Å²) in [5.74, 6) is 1.65. The van der Waals surface area contributed by atoms with Crippen molar-refractivity contribution in [2.75, 3.05) is 25.5 Å². The van der Waals surface area contributed by atoms with E-state index in [9.17, 15) is 9.90 Å². The Morgan fingerprint density at radius 3 is 3.00 bits per heavy atom. The van der Waals surface area contributed by atoms with Gasteiger partial charge in [0, 0.05) is 30.1 Å². The van der Waals surface area contributed by atoms with E-state index in [0.29, 0.717) is 19.6 Å². The Morgan fingerprint density at radius 2 is 2.19 bits per heavy atom. The van der Waals surface area contributed by atoms with Crippen LogP contribution < -0.4 is 10.1 Å². The number of nitrogens with zero attached hydrogens (tertiary/aromatic N) is 4. The molecule has 1 amide bonds. The number of anilines is 2. The molecule has 6 rings (SSSR count). The van der Waals surface area contributed by atoms with Crippen molar-refractivity contribution in [3.05, 3.63) is 40.0 Å². The van der Waals surface area contributed by atoms with Crippen LogP contribution in [0.4, 0.5) is 11.5 Å². The molecule has 2 aromatic heterocycles. The fourth-order valence-electron chi connectivity index (χ4n) is 4.84. The monoisotopic (exact) mass is 449 g/mol. The van der Waals surface area contributed by atoms with E-state index in [2.05, 4.69) is 20.3 Å². The molecule has 4 heterocycles. The molecular formula is C23H23N5O3S. The molecule has 1 aliphatic carbocycles. The van der Waals surface area contributed by atoms with Crippen LogP contribution in [0.25, 0.3) is 10.2 Å². The van der Waals surface area contributed by atoms with Crippen LogP contribution in [0.3, 0.4) is 0 Å². The van der Waals surface area contributed by atoms with E-state index >= 15 is 0 Å². The first-order chi connectivity index (χ1) is 15.6. The zero-order valence-electron chi connectivity index (χ0n) is 17.7. The molecule has 3 aliphatic rings. The topological polar surface area (TPSA) is 99.9 Å². The molecule has 9 heteroatoms. The lowest BCUT2D eigenvalue weighted by atomic mass is 9.86. The van der Waals surface area contributed by atoms with E-state index in [0.717, 1.165) is 57.9 Å². The second-order valence-electron chi connectivity index (χ2n) is 8.59. The van der Waals surface area contributed by atoms with Gasteiger partial charge >= 0.3 is 0 Å². The summed E-state index contributed by atoms with van der Waals surface area (Å²) in [6.07, 6.45) is 5.44. The number of carbonyl (C=O) groups excluding carboxylic acids is 1. The summed E-state index contributed by atoms with van der Waals surface area (Å²) >= 11 is 1.65. The molecule has 1 unspecified atom stereocenters. The summed E-state index contributed by atoms with van der Waals surface area (Å²) in [5.41, 5.74) is 4.32. The molecule has 2 N–H and O–H groups in total. The first kappa shape index (κ1) is 19.6. The number of likely N-dealkylation sites (tertiary alicyclic amines) is 1. The minimum Gasteiger partial charge on any atom is -0.495 e. The van der Waals surface area contributed by atoms with Crippen molar-refractivity contribution in [1.29, 1.82) is 0 Å². The molecule has 1 aromatic carbocycles. The van der Waals surface area contributed by atoms with E-state index in [4.69, 9.17) is 4.74 Å². The number of amides is 1. The molecule has 1 atom stereocenters. The molecule has 0 radical (unpaired) electrons. The number of aliphatic imine (C=N–C) groups is 1. The molecule has 1 fully saturated rings. The van der Waals surface area contributed by atoms with Gasteiger partial charge in [0.05, 0.1) is 30.8 Å². The summed E-state index contributed by atoms with van der Waals surface area (Å²) in [4.78, 5) is 30.1. The SMILES string of the molecule is COc1cc2c(cc1Nc1ncnc3sc4c(c13)CCC(C(=O)N1CC(O)C1)C4)C=NC2. The standard InChI is InChI=1S/C23H23N5O3S/c1-31-18-5-14-8-24-7-13(14)4-17(18)27-21-20-16-3-2-12(23(30)28-9-15(29)10-28)6-19(16)32-22(20)26-11-25-21/h4-5,7,11-12,15,29H,2-3,6,8-10H2,1H3,(H,25,26,27). The first-order valence-corrected chi connectivity index (χ1v) is 11.6. The van der Waals surface area contributed by atoms with Crippen molar-refractivity contribution in [1.82, 2.24) is 14.9 Å². The number of aliphatic hydroxyl groups excluding tert-OH is 1. The third-order valence-corrected chi connectivity index (χ3v) is 7.74. The van der Waals surface area contributed by atoms with Crippen LogP contribution in [0.15, 0.2) is 23.5 Å². The van der Waals surface area contributed by atoms with E-state index in [1.54, 1.807) is 29.7 Å². The zero-order valence-corrected chi connectivity index (χ0v) is 18.5. The Bertz CT molecular complexity index is 1260. The van der Waals surface area contributed by atoms with Crippen LogP contribution in [0, 0.1) is 5.92 Å². The quantitative estimate of drug-likeness (QED) is 0.635. The van der Waals surface area contributed by atoms with Crippen molar-refractivity contribution in [2.45, 2.75) is 31.9 Å². The molecule has 0 bridgehead atoms. The Kier molecular flexibility index (Phi) is 4.62. The Labute approximate surface area is 189 Å². The molecule has 8 nitrogen and oxygen atoms in total. The van der Waals surface area contributed by atoms with Gasteiger partial charge in [-0.15, -0.1) is 11.3 Å². The van der Waals surface area contributed by atoms with E-state index in [1.807, 2.05) is 18.3 Å². The number of benzene rings is 1. The van der Waals surface area contributed by atoms with Crippen LogP contribution in [0.2, 0.25) is 0 Å². The highest BCUT2D eigenvalue weighted by molar-refractivity contribution is 7.19. The Morgan fingerprint density at radius 1 is 1.31 bits per heavy atom. The number of ether oxygens (including phenoxy) is 1. The summed E-state index contributed by atoms with van der Waals surface area (Å²) in [6.45, 7) is 1.60. The number of aliphatic hydroxyl groups is 1. The number of hydrogen-bond donors (Lipinski definition) is 2. The lowest BCUT2D eigenvalue weighted by molar-refractivity contribution is -0.146. The van der Waals surface area contributed by atoms with Gasteiger partial charge in [-0.25, -0.2) is 9.97 Å². The van der Waals surface area contributed by atoms with Gasteiger partial charge in [-0.3, -0.25) is 9.79 Å². The van der Waals surface area contributed by atoms with Crippen molar-refractivity contribution in [3.63, 3.8) is 0 Å². The molecule has 0 saturated carbocycles. The van der Waals surface area contributed by atoms with Crippen molar-refractivity contribution in [3.8, 4) is 5.75 Å². The lowest BCUT2D eigenvalue weighted by Crippen LogP contribution is -2.55. The van der Waals surface area contributed by atoms with Crippen LogP contribution in [-0.2, 0) is 24.2 Å². The summed E-state index contributed by atoms with van der Waals surface area (Å²) in [7, 11) is 1.67. The number of aromatic nitrogens is 2. The molecule has 3 aromatic rings. The van der Waals surface area contributed by atoms with Crippen LogP contribution in [-0.4, -0.2) is 58.4 Å². The van der Waals surface area contributed by atoms with Crippen molar-refractivity contribution < 1.29 is 14.6 Å². The van der Waals surface area contributed by atoms with Crippen molar-refractivity contribution >= 4 is 45.2 Å². The van der Waals surface area contributed by atoms with Gasteiger partial charge < -0.3 is 20.1 Å². The lowest BCUT2D eigenvalue weighted by Gasteiger charge is -2.38. The van der Waals surface area contributed by atoms with Crippen molar-refractivity contribution in [2.24, 2.45) is 10.9 Å². The molecule has 1 saturated heterocycles. The van der Waals surface area contributed by atoms with Gasteiger partial charge in [0.25, 0.3) is 0 Å². The maximum absolute atomic E-state index is 12.8.